The maximum Gasteiger partial charge on any atom is 0.353 e. The van der Waals surface area contributed by atoms with Crippen LogP contribution in [0.15, 0.2) is 47.1 Å². The first-order chi connectivity index (χ1) is 11.7. The fourth-order valence-corrected chi connectivity index (χ4v) is 6.04. The molecule has 5 rings (SSSR count). The summed E-state index contributed by atoms with van der Waals surface area (Å²) in [5, 5.41) is 10.5. The third-order valence-corrected chi connectivity index (χ3v) is 7.06. The molecule has 2 atom stereocenters. The minimum atomic E-state index is -1.05. The lowest BCUT2D eigenvalue weighted by Gasteiger charge is -2.38. The van der Waals surface area contributed by atoms with Gasteiger partial charge in [0.2, 0.25) is 0 Å². The Morgan fingerprint density at radius 2 is 2.12 bits per heavy atom. The van der Waals surface area contributed by atoms with Gasteiger partial charge in [-0.15, -0.1) is 11.8 Å². The fourth-order valence-electron chi connectivity index (χ4n) is 3.57. The van der Waals surface area contributed by atoms with Gasteiger partial charge in [-0.3, -0.25) is 9.69 Å². The first-order valence-corrected chi connectivity index (χ1v) is 9.71. The molecule has 0 aromatic heterocycles. The molecule has 0 aliphatic carbocycles. The number of amides is 1. The number of carbonyl (C=O) groups is 2. The van der Waals surface area contributed by atoms with Crippen molar-refractivity contribution in [2.45, 2.75) is 10.9 Å². The normalized spacial score (nSPS) is 28.7. The number of benzene rings is 1. The lowest BCUT2D eigenvalue weighted by atomic mass is 10.1. The van der Waals surface area contributed by atoms with Crippen molar-refractivity contribution in [1.29, 1.82) is 0 Å². The summed E-state index contributed by atoms with van der Waals surface area (Å²) in [6, 6.07) is 8.23. The number of hydrogen-bond acceptors (Lipinski definition) is 5. The highest BCUT2D eigenvalue weighted by Crippen LogP contribution is 2.49. The second-order valence-corrected chi connectivity index (χ2v) is 8.13. The topological polar surface area (TPSA) is 64.1 Å². The summed E-state index contributed by atoms with van der Waals surface area (Å²) in [4.78, 5) is 29.5. The van der Waals surface area contributed by atoms with Crippen molar-refractivity contribution in [1.82, 2.24) is 4.90 Å². The number of nitrogens with zero attached hydrogens (tertiary/aromatic N) is 3. The van der Waals surface area contributed by atoms with Gasteiger partial charge in [0.05, 0.1) is 16.9 Å². The Kier molecular flexibility index (Phi) is 2.96. The zero-order valence-electron chi connectivity index (χ0n) is 12.5. The Bertz CT molecular complexity index is 838. The molecule has 1 aromatic rings. The summed E-state index contributed by atoms with van der Waals surface area (Å²) in [6.45, 7) is 1.02. The van der Waals surface area contributed by atoms with E-state index in [1.807, 2.05) is 18.3 Å². The number of thioether (sulfide) groups is 1. The molecule has 0 saturated carbocycles. The smallest absolute Gasteiger partial charge is 0.353 e. The van der Waals surface area contributed by atoms with Crippen molar-refractivity contribution >= 4 is 46.8 Å². The maximum atomic E-state index is 12.4. The van der Waals surface area contributed by atoms with E-state index < -0.39 is 5.97 Å². The van der Waals surface area contributed by atoms with Gasteiger partial charge >= 0.3 is 5.97 Å². The highest BCUT2D eigenvalue weighted by atomic mass is 32.2. The van der Waals surface area contributed by atoms with Gasteiger partial charge in [0.1, 0.15) is 16.6 Å². The van der Waals surface area contributed by atoms with Crippen LogP contribution in [0.4, 0.5) is 11.4 Å². The molecule has 0 spiro atoms. The van der Waals surface area contributed by atoms with Gasteiger partial charge < -0.3 is 14.9 Å². The number of aliphatic carboxylic acids is 1. The highest BCUT2D eigenvalue weighted by Gasteiger charge is 2.50. The van der Waals surface area contributed by atoms with Crippen LogP contribution in [0.1, 0.15) is 0 Å². The minimum absolute atomic E-state index is 0.0783. The Balaban J connectivity index is 1.50. The van der Waals surface area contributed by atoms with Gasteiger partial charge in [-0.25, -0.2) is 4.79 Å². The second kappa shape index (κ2) is 4.97. The molecule has 4 heterocycles. The van der Waals surface area contributed by atoms with E-state index >= 15 is 0 Å². The van der Waals surface area contributed by atoms with Gasteiger partial charge in [0, 0.05) is 23.9 Å². The van der Waals surface area contributed by atoms with E-state index in [4.69, 9.17) is 5.11 Å². The zero-order chi connectivity index (χ0) is 16.4. The van der Waals surface area contributed by atoms with Crippen LogP contribution in [-0.2, 0) is 9.59 Å². The number of thiol groups is 1. The summed E-state index contributed by atoms with van der Waals surface area (Å²) >= 11 is 2.71. The van der Waals surface area contributed by atoms with E-state index in [-0.39, 0.29) is 22.5 Å². The summed E-state index contributed by atoms with van der Waals surface area (Å²) in [5.74, 6) is -0.143. The molecule has 2 fully saturated rings. The van der Waals surface area contributed by atoms with Gasteiger partial charge in [0.15, 0.2) is 0 Å². The number of anilines is 2. The van der Waals surface area contributed by atoms with Crippen molar-refractivity contribution in [2.75, 3.05) is 22.1 Å². The van der Waals surface area contributed by atoms with Crippen molar-refractivity contribution in [2.24, 2.45) is 0 Å². The fraction of sp³-hybridized carbons (Fsp3) is 0.250. The van der Waals surface area contributed by atoms with E-state index in [0.717, 1.165) is 18.0 Å². The van der Waals surface area contributed by atoms with Crippen molar-refractivity contribution < 1.29 is 14.7 Å². The number of fused-ring (bicyclic) bond motifs is 4. The van der Waals surface area contributed by atoms with Crippen LogP contribution in [-0.4, -0.2) is 45.1 Å². The number of para-hydroxylation sites is 2. The monoisotopic (exact) mass is 360 g/mol. The molecule has 1 amide bonds. The third kappa shape index (κ3) is 1.75. The number of carboxylic acid groups (broad SMARTS) is 1. The number of carbonyl (C=O) groups excluding carboxylic acids is 1. The average Bonchev–Trinajstić information content (AvgIpc) is 3.26. The van der Waals surface area contributed by atoms with Crippen LogP contribution in [0.2, 0.25) is 0 Å². The Morgan fingerprint density at radius 1 is 1.33 bits per heavy atom. The molecule has 8 heteroatoms. The molecule has 0 bridgehead atoms. The largest absolute Gasteiger partial charge is 0.477 e. The standard InChI is InChI=1S/C16H14N3O3S2/c20-13-9(14-19(13)12(8-24-14)15(21)22)7-18-11-4-2-1-3-10(11)17-5-6-23-16(17)18/h1-4,7-8,14,16,23H,5-6H2,(H,21,22)/t14-,16?/m1/s1. The molecule has 1 unspecified atom stereocenters. The van der Waals surface area contributed by atoms with E-state index in [2.05, 4.69) is 21.9 Å². The molecule has 1 N–H and O–H groups in total. The third-order valence-electron chi connectivity index (χ3n) is 4.66. The van der Waals surface area contributed by atoms with Crippen LogP contribution >= 0.6 is 23.5 Å². The van der Waals surface area contributed by atoms with E-state index in [9.17, 15) is 9.59 Å². The van der Waals surface area contributed by atoms with Crippen molar-refractivity contribution in [3.63, 3.8) is 0 Å². The maximum absolute atomic E-state index is 12.4. The van der Waals surface area contributed by atoms with Crippen molar-refractivity contribution in [3.05, 3.63) is 47.1 Å². The van der Waals surface area contributed by atoms with Gasteiger partial charge in [-0.1, -0.05) is 12.1 Å². The van der Waals surface area contributed by atoms with Crippen molar-refractivity contribution in [3.8, 4) is 0 Å². The van der Waals surface area contributed by atoms with E-state index in [1.165, 1.54) is 34.1 Å². The van der Waals surface area contributed by atoms with Crippen LogP contribution in [0.5, 0.6) is 0 Å². The van der Waals surface area contributed by atoms with E-state index in [0.29, 0.717) is 5.57 Å². The van der Waals surface area contributed by atoms with E-state index in [1.54, 1.807) is 5.41 Å². The SMILES string of the molecule is O=C(O)C1=CS[C@@H]2C(=CN3c4ccccc4N4CC[SH]C34)C(=O)N12. The minimum Gasteiger partial charge on any atom is -0.477 e. The molecular formula is C16H14N3O3S2. The van der Waals surface area contributed by atoms with Crippen LogP contribution in [0, 0.1) is 0 Å². The Morgan fingerprint density at radius 3 is 2.92 bits per heavy atom. The molecule has 6 nitrogen and oxygen atoms in total. The van der Waals surface area contributed by atoms with Gasteiger partial charge in [0.25, 0.3) is 5.91 Å². The van der Waals surface area contributed by atoms with Gasteiger partial charge in [-0.05, 0) is 12.1 Å². The summed E-state index contributed by atoms with van der Waals surface area (Å²) in [5.41, 5.74) is 3.30. The summed E-state index contributed by atoms with van der Waals surface area (Å²) in [6.07, 6.45) is 1.93. The second-order valence-electron chi connectivity index (χ2n) is 5.90. The molecule has 123 valence electrons. The number of β-lactam (4-membered cyclic amide) rings is 1. The number of hydrogen-bond donors (Lipinski definition) is 2. The predicted octanol–water partition coefficient (Wildman–Crippen LogP) is 1.80. The average molecular weight is 360 g/mol. The zero-order valence-corrected chi connectivity index (χ0v) is 14.2. The molecule has 24 heavy (non-hydrogen) atoms. The molecule has 2 saturated heterocycles. The molecular weight excluding hydrogens is 346 g/mol. The first kappa shape index (κ1) is 14.3. The molecule has 4 aliphatic rings. The lowest BCUT2D eigenvalue weighted by molar-refractivity contribution is -0.141. The quantitative estimate of drug-likeness (QED) is 0.476. The Hall–Kier alpha value is -2.06. The highest BCUT2D eigenvalue weighted by molar-refractivity contribution is 8.03. The van der Waals surface area contributed by atoms with Crippen LogP contribution in [0.3, 0.4) is 0 Å². The van der Waals surface area contributed by atoms with Crippen LogP contribution < -0.4 is 9.80 Å². The number of rotatable bonds is 2. The summed E-state index contributed by atoms with van der Waals surface area (Å²) < 4.78 is 0. The molecule has 1 aromatic carbocycles. The van der Waals surface area contributed by atoms with Crippen LogP contribution in [0.25, 0.3) is 0 Å². The lowest BCUT2D eigenvalue weighted by Crippen LogP contribution is -2.52. The first-order valence-electron chi connectivity index (χ1n) is 7.61. The predicted molar refractivity (Wildman–Crippen MR) is 95.9 cm³/mol. The Labute approximate surface area is 146 Å². The molecule has 4 aliphatic heterocycles. The summed E-state index contributed by atoms with van der Waals surface area (Å²) in [7, 11) is 0. The van der Waals surface area contributed by atoms with Gasteiger partial charge in [-0.2, -0.15) is 11.8 Å². The molecule has 1 radical (unpaired) electrons. The number of carboxylic acids is 1.